The van der Waals surface area contributed by atoms with Gasteiger partial charge in [-0.05, 0) is 44.7 Å². The van der Waals surface area contributed by atoms with Gasteiger partial charge in [-0.3, -0.25) is 4.99 Å². The Hall–Kier alpha value is -0.120. The van der Waals surface area contributed by atoms with Crippen LogP contribution in [-0.2, 0) is 9.47 Å². The van der Waals surface area contributed by atoms with E-state index >= 15 is 0 Å². The number of hydrogen-bond donors (Lipinski definition) is 1. The van der Waals surface area contributed by atoms with Gasteiger partial charge >= 0.3 is 0 Å². The minimum atomic E-state index is 0. The normalized spacial score (nSPS) is 21.3. The maximum absolute atomic E-state index is 5.63. The summed E-state index contributed by atoms with van der Waals surface area (Å²) in [5.41, 5.74) is 0. The van der Waals surface area contributed by atoms with E-state index < -0.39 is 0 Å². The first-order valence-corrected chi connectivity index (χ1v) is 10.7. The number of hydrogen-bond acceptors (Lipinski definition) is 4. The second-order valence-electron chi connectivity index (χ2n) is 7.51. The van der Waals surface area contributed by atoms with Crippen LogP contribution in [0.1, 0.15) is 45.4 Å². The number of aliphatic imine (C=N–C) groups is 1. The average Bonchev–Trinajstić information content (AvgIpc) is 3.12. The smallest absolute Gasteiger partial charge is 0.193 e. The molecule has 1 atom stereocenters. The Morgan fingerprint density at radius 3 is 2.48 bits per heavy atom. The van der Waals surface area contributed by atoms with Crippen LogP contribution in [0.4, 0.5) is 0 Å². The van der Waals surface area contributed by atoms with Gasteiger partial charge in [0.25, 0.3) is 0 Å². The molecule has 27 heavy (non-hydrogen) atoms. The number of halogens is 1. The van der Waals surface area contributed by atoms with Crippen LogP contribution in [0.2, 0.25) is 0 Å². The molecular formula is C20H41IN4O2. The van der Waals surface area contributed by atoms with E-state index in [2.05, 4.69) is 27.0 Å². The Balaban J connectivity index is 0.00000364. The van der Waals surface area contributed by atoms with Gasteiger partial charge < -0.3 is 24.6 Å². The molecule has 2 saturated heterocycles. The van der Waals surface area contributed by atoms with Crippen LogP contribution in [0.15, 0.2) is 4.99 Å². The number of unbranched alkanes of at least 4 members (excludes halogenated alkanes) is 1. The topological polar surface area (TPSA) is 49.3 Å². The zero-order chi connectivity index (χ0) is 18.5. The van der Waals surface area contributed by atoms with Gasteiger partial charge in [0.2, 0.25) is 0 Å². The van der Waals surface area contributed by atoms with Crippen molar-refractivity contribution in [3.8, 4) is 0 Å². The predicted octanol–water partition coefficient (Wildman–Crippen LogP) is 2.82. The molecule has 0 amide bonds. The van der Waals surface area contributed by atoms with Gasteiger partial charge in [-0.15, -0.1) is 24.0 Å². The fourth-order valence-electron chi connectivity index (χ4n) is 3.82. The van der Waals surface area contributed by atoms with E-state index in [0.717, 1.165) is 44.5 Å². The summed E-state index contributed by atoms with van der Waals surface area (Å²) in [7, 11) is 1.88. The number of likely N-dealkylation sites (tertiary alicyclic amines) is 2. The Morgan fingerprint density at radius 2 is 1.78 bits per heavy atom. The van der Waals surface area contributed by atoms with E-state index in [9.17, 15) is 0 Å². The lowest BCUT2D eigenvalue weighted by molar-refractivity contribution is 0.0486. The third-order valence-corrected chi connectivity index (χ3v) is 5.31. The maximum atomic E-state index is 5.63. The van der Waals surface area contributed by atoms with Crippen LogP contribution in [0, 0.1) is 5.92 Å². The van der Waals surface area contributed by atoms with Crippen molar-refractivity contribution in [3.63, 3.8) is 0 Å². The van der Waals surface area contributed by atoms with Crippen molar-refractivity contribution in [1.82, 2.24) is 15.1 Å². The molecule has 2 aliphatic heterocycles. The van der Waals surface area contributed by atoms with Crippen LogP contribution in [-0.4, -0.2) is 88.5 Å². The second-order valence-corrected chi connectivity index (χ2v) is 7.51. The molecule has 160 valence electrons. The third-order valence-electron chi connectivity index (χ3n) is 5.31. The van der Waals surface area contributed by atoms with E-state index in [1.54, 1.807) is 0 Å². The van der Waals surface area contributed by atoms with E-state index in [1.165, 1.54) is 51.7 Å². The summed E-state index contributed by atoms with van der Waals surface area (Å²) in [6, 6.07) is 0. The van der Waals surface area contributed by atoms with Crippen molar-refractivity contribution in [2.45, 2.75) is 45.4 Å². The first-order valence-electron chi connectivity index (χ1n) is 10.7. The van der Waals surface area contributed by atoms with Crippen molar-refractivity contribution in [2.75, 3.05) is 72.7 Å². The molecule has 2 rings (SSSR count). The van der Waals surface area contributed by atoms with Crippen molar-refractivity contribution < 1.29 is 9.47 Å². The van der Waals surface area contributed by atoms with Gasteiger partial charge in [-0.25, -0.2) is 0 Å². The molecule has 1 N–H and O–H groups in total. The number of nitrogens with one attached hydrogen (secondary N) is 1. The molecule has 6 nitrogen and oxygen atoms in total. The summed E-state index contributed by atoms with van der Waals surface area (Å²) in [5, 5.41) is 3.44. The minimum Gasteiger partial charge on any atom is -0.379 e. The summed E-state index contributed by atoms with van der Waals surface area (Å²) in [4.78, 5) is 9.52. The third kappa shape index (κ3) is 10.3. The van der Waals surface area contributed by atoms with E-state index in [1.807, 2.05) is 7.05 Å². The summed E-state index contributed by atoms with van der Waals surface area (Å²) in [5.74, 6) is 1.80. The molecule has 0 aromatic rings. The molecule has 0 aromatic heterocycles. The van der Waals surface area contributed by atoms with Crippen molar-refractivity contribution in [2.24, 2.45) is 10.9 Å². The lowest BCUT2D eigenvalue weighted by atomic mass is 10.1. The monoisotopic (exact) mass is 496 g/mol. The fourth-order valence-corrected chi connectivity index (χ4v) is 3.82. The fraction of sp³-hybridized carbons (Fsp3) is 0.950. The van der Waals surface area contributed by atoms with Gasteiger partial charge in [0.05, 0.1) is 19.8 Å². The Bertz CT molecular complexity index is 392. The minimum absolute atomic E-state index is 0. The Kier molecular flexibility index (Phi) is 14.5. The highest BCUT2D eigenvalue weighted by Gasteiger charge is 2.26. The largest absolute Gasteiger partial charge is 0.379 e. The molecule has 2 fully saturated rings. The molecule has 0 aliphatic carbocycles. The number of rotatable bonds is 11. The highest BCUT2D eigenvalue weighted by Crippen LogP contribution is 2.19. The summed E-state index contributed by atoms with van der Waals surface area (Å²) in [6.45, 7) is 12.0. The van der Waals surface area contributed by atoms with Crippen LogP contribution < -0.4 is 5.32 Å². The van der Waals surface area contributed by atoms with E-state index in [0.29, 0.717) is 19.8 Å². The molecule has 1 unspecified atom stereocenters. The number of piperidine rings is 1. The highest BCUT2D eigenvalue weighted by molar-refractivity contribution is 14.0. The molecule has 0 bridgehead atoms. The molecule has 2 aliphatic rings. The Labute approximate surface area is 183 Å². The number of guanidine groups is 1. The van der Waals surface area contributed by atoms with Gasteiger partial charge in [0, 0.05) is 39.8 Å². The van der Waals surface area contributed by atoms with Crippen molar-refractivity contribution in [1.29, 1.82) is 0 Å². The zero-order valence-corrected chi connectivity index (χ0v) is 19.8. The predicted molar refractivity (Wildman–Crippen MR) is 123 cm³/mol. The van der Waals surface area contributed by atoms with E-state index in [-0.39, 0.29) is 24.0 Å². The van der Waals surface area contributed by atoms with Crippen LogP contribution in [0.5, 0.6) is 0 Å². The van der Waals surface area contributed by atoms with Crippen LogP contribution in [0.3, 0.4) is 0 Å². The lowest BCUT2D eigenvalue weighted by Crippen LogP contribution is -2.42. The molecule has 0 aromatic carbocycles. The molecule has 2 heterocycles. The van der Waals surface area contributed by atoms with Crippen LogP contribution in [0.25, 0.3) is 0 Å². The highest BCUT2D eigenvalue weighted by atomic mass is 127. The van der Waals surface area contributed by atoms with Crippen molar-refractivity contribution >= 4 is 29.9 Å². The molecule has 0 spiro atoms. The number of ether oxygens (including phenoxy) is 2. The Morgan fingerprint density at radius 1 is 1.04 bits per heavy atom. The zero-order valence-electron chi connectivity index (χ0n) is 17.5. The number of nitrogens with zero attached hydrogens (tertiary/aromatic N) is 3. The first kappa shape index (κ1) is 24.9. The van der Waals surface area contributed by atoms with Gasteiger partial charge in [0.1, 0.15) is 0 Å². The molecule has 7 heteroatoms. The van der Waals surface area contributed by atoms with Gasteiger partial charge in [0.15, 0.2) is 5.96 Å². The molecule has 0 saturated carbocycles. The standard InChI is InChI=1S/C20H40N4O2.HI/c1-3-4-13-25-15-16-26-14-9-22-20(21-2)24-12-8-19(18-24)17-23-10-6-5-7-11-23;/h19H,3-18H2,1-2H3,(H,21,22);1H. The van der Waals surface area contributed by atoms with Gasteiger partial charge in [-0.1, -0.05) is 19.8 Å². The molecule has 0 radical (unpaired) electrons. The first-order chi connectivity index (χ1) is 12.8. The second kappa shape index (κ2) is 15.8. The summed E-state index contributed by atoms with van der Waals surface area (Å²) >= 11 is 0. The van der Waals surface area contributed by atoms with Gasteiger partial charge in [-0.2, -0.15) is 0 Å². The van der Waals surface area contributed by atoms with Crippen LogP contribution >= 0.6 is 24.0 Å². The molecular weight excluding hydrogens is 455 g/mol. The average molecular weight is 496 g/mol. The van der Waals surface area contributed by atoms with E-state index in [4.69, 9.17) is 9.47 Å². The lowest BCUT2D eigenvalue weighted by Gasteiger charge is -2.29. The van der Waals surface area contributed by atoms with Crippen molar-refractivity contribution in [3.05, 3.63) is 0 Å². The maximum Gasteiger partial charge on any atom is 0.193 e. The SMILES string of the molecule is CCCCOCCOCCNC(=NC)N1CCC(CN2CCCCC2)C1.I. The quantitative estimate of drug-likeness (QED) is 0.206. The summed E-state index contributed by atoms with van der Waals surface area (Å²) in [6.07, 6.45) is 7.76. The summed E-state index contributed by atoms with van der Waals surface area (Å²) < 4.78 is 11.1.